The highest BCUT2D eigenvalue weighted by atomic mass is 127. The molecule has 0 saturated carbocycles. The average Bonchev–Trinajstić information content (AvgIpc) is 2.75. The van der Waals surface area contributed by atoms with Gasteiger partial charge < -0.3 is 10.1 Å². The number of carbonyl (C=O) groups is 1. The van der Waals surface area contributed by atoms with Crippen molar-refractivity contribution in [2.24, 2.45) is 0 Å². The second kappa shape index (κ2) is 10.5. The van der Waals surface area contributed by atoms with E-state index in [1.165, 1.54) is 0 Å². The van der Waals surface area contributed by atoms with Crippen LogP contribution in [0.25, 0.3) is 6.08 Å². The number of amides is 1. The maximum Gasteiger partial charge on any atom is 0.266 e. The summed E-state index contributed by atoms with van der Waals surface area (Å²) in [6, 6.07) is 20.8. The molecule has 3 aromatic rings. The Balaban J connectivity index is 1.74. The van der Waals surface area contributed by atoms with Gasteiger partial charge in [-0.05, 0) is 83.5 Å². The molecule has 1 N–H and O–H groups in total. The summed E-state index contributed by atoms with van der Waals surface area (Å²) in [6.45, 7) is 4.22. The molecule has 0 unspecified atom stereocenters. The van der Waals surface area contributed by atoms with E-state index in [-0.39, 0.29) is 5.57 Å². The fourth-order valence-corrected chi connectivity index (χ4v) is 3.76. The lowest BCUT2D eigenvalue weighted by Crippen LogP contribution is -2.14. The van der Waals surface area contributed by atoms with Gasteiger partial charge >= 0.3 is 0 Å². The van der Waals surface area contributed by atoms with Crippen LogP contribution in [0.5, 0.6) is 5.75 Å². The van der Waals surface area contributed by atoms with E-state index < -0.39 is 5.91 Å². The summed E-state index contributed by atoms with van der Waals surface area (Å²) in [5, 5.41) is 13.0. The lowest BCUT2D eigenvalue weighted by atomic mass is 10.1. The largest absolute Gasteiger partial charge is 0.488 e. The van der Waals surface area contributed by atoms with Crippen molar-refractivity contribution < 1.29 is 9.53 Å². The number of halogens is 2. The summed E-state index contributed by atoms with van der Waals surface area (Å²) in [5.41, 5.74) is 4.34. The number of benzene rings is 3. The Bertz CT molecular complexity index is 1200. The van der Waals surface area contributed by atoms with Crippen molar-refractivity contribution in [1.29, 1.82) is 5.26 Å². The van der Waals surface area contributed by atoms with Crippen molar-refractivity contribution in [2.75, 3.05) is 5.32 Å². The first kappa shape index (κ1) is 22.9. The second-order valence-corrected chi connectivity index (χ2v) is 8.58. The molecular weight excluding hydrogens is 523 g/mol. The Labute approximate surface area is 200 Å². The van der Waals surface area contributed by atoms with Crippen molar-refractivity contribution in [3.8, 4) is 11.8 Å². The quantitative estimate of drug-likeness (QED) is 0.215. The van der Waals surface area contributed by atoms with Gasteiger partial charge in [0.2, 0.25) is 0 Å². The van der Waals surface area contributed by atoms with Gasteiger partial charge in [0.15, 0.2) is 0 Å². The fourth-order valence-electron chi connectivity index (χ4n) is 2.87. The normalized spacial score (nSPS) is 11.0. The summed E-state index contributed by atoms with van der Waals surface area (Å²) in [4.78, 5) is 12.6. The molecule has 1 amide bonds. The first-order chi connectivity index (χ1) is 14.9. The van der Waals surface area contributed by atoms with E-state index in [2.05, 4.69) is 27.9 Å². The molecule has 0 aliphatic heterocycles. The number of nitrogens with one attached hydrogen (secondary N) is 1. The molecule has 0 atom stereocenters. The lowest BCUT2D eigenvalue weighted by molar-refractivity contribution is -0.112. The van der Waals surface area contributed by atoms with Crippen molar-refractivity contribution >= 4 is 51.9 Å². The molecule has 0 bridgehead atoms. The van der Waals surface area contributed by atoms with Gasteiger partial charge in [-0.1, -0.05) is 48.0 Å². The predicted molar refractivity (Wildman–Crippen MR) is 133 cm³/mol. The third-order valence-corrected chi connectivity index (χ3v) is 5.83. The van der Waals surface area contributed by atoms with Crippen LogP contribution in [0.3, 0.4) is 0 Å². The van der Waals surface area contributed by atoms with E-state index in [9.17, 15) is 10.1 Å². The second-order valence-electron chi connectivity index (χ2n) is 7.01. The number of carbonyl (C=O) groups excluding carboxylic acids is 1. The minimum Gasteiger partial charge on any atom is -0.488 e. The summed E-state index contributed by atoms with van der Waals surface area (Å²) < 4.78 is 6.75. The summed E-state index contributed by atoms with van der Waals surface area (Å²) in [6.07, 6.45) is 1.57. The summed E-state index contributed by atoms with van der Waals surface area (Å²) in [5.74, 6) is 0.265. The number of anilines is 1. The molecule has 0 fully saturated rings. The number of hydrogen-bond acceptors (Lipinski definition) is 3. The Morgan fingerprint density at radius 3 is 2.65 bits per heavy atom. The molecule has 0 radical (unpaired) electrons. The third kappa shape index (κ3) is 6.09. The topological polar surface area (TPSA) is 62.1 Å². The third-order valence-electron chi connectivity index (χ3n) is 4.61. The zero-order valence-corrected chi connectivity index (χ0v) is 20.0. The fraction of sp³-hybridized carbons (Fsp3) is 0.120. The standard InChI is InChI=1S/C25H20ClIN2O2/c1-16-7-8-17(2)23(11-16)29-25(30)20(14-28)12-18-9-10-24(22(27)13-18)31-15-19-5-3-4-6-21(19)26/h3-13H,15H2,1-2H3,(H,29,30)/b20-12+. The molecule has 0 heterocycles. The predicted octanol–water partition coefficient (Wildman–Crippen LogP) is 6.69. The number of nitriles is 1. The number of nitrogens with zero attached hydrogens (tertiary/aromatic N) is 1. The highest BCUT2D eigenvalue weighted by molar-refractivity contribution is 14.1. The van der Waals surface area contributed by atoms with Gasteiger partial charge in [0, 0.05) is 16.3 Å². The number of hydrogen-bond donors (Lipinski definition) is 1. The molecule has 0 aromatic heterocycles. The van der Waals surface area contributed by atoms with Gasteiger partial charge in [-0.15, -0.1) is 0 Å². The maximum atomic E-state index is 12.6. The van der Waals surface area contributed by atoms with E-state index in [0.29, 0.717) is 23.1 Å². The average molecular weight is 543 g/mol. The van der Waals surface area contributed by atoms with Crippen molar-refractivity contribution in [3.63, 3.8) is 0 Å². The van der Waals surface area contributed by atoms with Crippen LogP contribution in [0, 0.1) is 28.7 Å². The molecule has 3 rings (SSSR count). The van der Waals surface area contributed by atoms with Gasteiger partial charge in [-0.3, -0.25) is 4.79 Å². The van der Waals surface area contributed by atoms with Gasteiger partial charge in [-0.2, -0.15) is 5.26 Å². The van der Waals surface area contributed by atoms with Crippen molar-refractivity contribution in [3.05, 3.63) is 97.1 Å². The van der Waals surface area contributed by atoms with E-state index >= 15 is 0 Å². The minimum atomic E-state index is -0.440. The molecule has 0 aliphatic carbocycles. The summed E-state index contributed by atoms with van der Waals surface area (Å²) >= 11 is 8.35. The van der Waals surface area contributed by atoms with Gasteiger partial charge in [0.25, 0.3) is 5.91 Å². The first-order valence-corrected chi connectivity index (χ1v) is 11.0. The van der Waals surface area contributed by atoms with Crippen LogP contribution >= 0.6 is 34.2 Å². The molecule has 4 nitrogen and oxygen atoms in total. The lowest BCUT2D eigenvalue weighted by Gasteiger charge is -2.11. The molecule has 6 heteroatoms. The van der Waals surface area contributed by atoms with E-state index in [1.54, 1.807) is 6.08 Å². The Morgan fingerprint density at radius 2 is 1.94 bits per heavy atom. The Hall–Kier alpha value is -2.82. The van der Waals surface area contributed by atoms with Crippen LogP contribution in [0.15, 0.2) is 66.2 Å². The number of ether oxygens (including phenoxy) is 1. The van der Waals surface area contributed by atoms with Crippen LogP contribution in [0.1, 0.15) is 22.3 Å². The van der Waals surface area contributed by atoms with Gasteiger partial charge in [0.1, 0.15) is 24.0 Å². The van der Waals surface area contributed by atoms with Crippen LogP contribution < -0.4 is 10.1 Å². The van der Waals surface area contributed by atoms with Crippen molar-refractivity contribution in [2.45, 2.75) is 20.5 Å². The molecule has 0 saturated heterocycles. The Morgan fingerprint density at radius 1 is 1.16 bits per heavy atom. The SMILES string of the molecule is Cc1ccc(C)c(NC(=O)/C(C#N)=C/c2ccc(OCc3ccccc3Cl)c(I)c2)c1. The monoisotopic (exact) mass is 542 g/mol. The smallest absolute Gasteiger partial charge is 0.266 e. The molecular formula is C25H20ClIN2O2. The first-order valence-electron chi connectivity index (χ1n) is 9.53. The highest BCUT2D eigenvalue weighted by Crippen LogP contribution is 2.26. The van der Waals surface area contributed by atoms with E-state index in [4.69, 9.17) is 16.3 Å². The zero-order valence-electron chi connectivity index (χ0n) is 17.1. The number of aryl methyl sites for hydroxylation is 2. The summed E-state index contributed by atoms with van der Waals surface area (Å²) in [7, 11) is 0. The maximum absolute atomic E-state index is 12.6. The molecule has 3 aromatic carbocycles. The molecule has 0 spiro atoms. The van der Waals surface area contributed by atoms with Crippen molar-refractivity contribution in [1.82, 2.24) is 0 Å². The zero-order chi connectivity index (χ0) is 22.4. The van der Waals surface area contributed by atoms with Crippen LogP contribution in [0.2, 0.25) is 5.02 Å². The van der Waals surface area contributed by atoms with Crippen LogP contribution in [-0.2, 0) is 11.4 Å². The van der Waals surface area contributed by atoms with E-state index in [0.717, 1.165) is 25.8 Å². The van der Waals surface area contributed by atoms with Gasteiger partial charge in [-0.25, -0.2) is 0 Å². The van der Waals surface area contributed by atoms with Gasteiger partial charge in [0.05, 0.1) is 3.57 Å². The highest BCUT2D eigenvalue weighted by Gasteiger charge is 2.12. The Kier molecular flexibility index (Phi) is 7.72. The van der Waals surface area contributed by atoms with Crippen LogP contribution in [0.4, 0.5) is 5.69 Å². The number of rotatable bonds is 6. The van der Waals surface area contributed by atoms with Crippen LogP contribution in [-0.4, -0.2) is 5.91 Å². The van der Waals surface area contributed by atoms with E-state index in [1.807, 2.05) is 80.6 Å². The molecule has 0 aliphatic rings. The molecule has 156 valence electrons. The minimum absolute atomic E-state index is 0.0291. The molecule has 31 heavy (non-hydrogen) atoms.